The summed E-state index contributed by atoms with van der Waals surface area (Å²) in [5.74, 6) is 0.872. The minimum absolute atomic E-state index is 0.0236. The maximum atomic E-state index is 12.8. The van der Waals surface area contributed by atoms with E-state index in [2.05, 4.69) is 28.2 Å². The van der Waals surface area contributed by atoms with Crippen LogP contribution in [-0.4, -0.2) is 51.8 Å². The number of hydrogen-bond donors (Lipinski definition) is 0. The first-order valence-corrected chi connectivity index (χ1v) is 11.0. The molecule has 0 N–H and O–H groups in total. The largest absolute Gasteiger partial charge is 0.353 e. The van der Waals surface area contributed by atoms with E-state index >= 15 is 0 Å². The molecule has 0 atom stereocenters. The Labute approximate surface area is 192 Å². The van der Waals surface area contributed by atoms with Crippen LogP contribution in [0.5, 0.6) is 0 Å². The van der Waals surface area contributed by atoms with Gasteiger partial charge in [0, 0.05) is 49.9 Å². The number of nitriles is 1. The Bertz CT molecular complexity index is 1370. The Morgan fingerprint density at radius 2 is 1.79 bits per heavy atom. The molecule has 1 saturated heterocycles. The van der Waals surface area contributed by atoms with Crippen LogP contribution in [0.2, 0.25) is 0 Å². The molecule has 0 bridgehead atoms. The number of carbonyl (C=O) groups excluding carboxylic acids is 1. The number of aryl methyl sites for hydroxylation is 2. The minimum Gasteiger partial charge on any atom is -0.353 e. The summed E-state index contributed by atoms with van der Waals surface area (Å²) in [5, 5.41) is 14.7. The van der Waals surface area contributed by atoms with Crippen molar-refractivity contribution in [2.45, 2.75) is 6.92 Å². The van der Waals surface area contributed by atoms with Crippen LogP contribution in [0.1, 0.15) is 21.7 Å². The third kappa shape index (κ3) is 3.92. The number of benzene rings is 2. The number of piperazine rings is 1. The Morgan fingerprint density at radius 1 is 1.00 bits per heavy atom. The van der Waals surface area contributed by atoms with E-state index in [1.165, 1.54) is 0 Å². The molecule has 1 aliphatic rings. The van der Waals surface area contributed by atoms with Gasteiger partial charge in [0.05, 0.1) is 17.1 Å². The Morgan fingerprint density at radius 3 is 2.52 bits per heavy atom. The normalized spacial score (nSPS) is 13.8. The Kier molecular flexibility index (Phi) is 5.27. The fourth-order valence-electron chi connectivity index (χ4n) is 4.27. The van der Waals surface area contributed by atoms with Gasteiger partial charge in [0.25, 0.3) is 5.91 Å². The van der Waals surface area contributed by atoms with Crippen molar-refractivity contribution < 1.29 is 4.79 Å². The fraction of sp³-hybridized carbons (Fsp3) is 0.231. The zero-order chi connectivity index (χ0) is 22.9. The van der Waals surface area contributed by atoms with E-state index in [1.54, 1.807) is 10.7 Å². The topological polar surface area (TPSA) is 78.1 Å². The first-order chi connectivity index (χ1) is 16.0. The molecule has 7 heteroatoms. The van der Waals surface area contributed by atoms with Gasteiger partial charge in [-0.05, 0) is 42.8 Å². The molecule has 2 aromatic heterocycles. The lowest BCUT2D eigenvalue weighted by molar-refractivity contribution is 0.0740. The van der Waals surface area contributed by atoms with Gasteiger partial charge in [-0.25, -0.2) is 4.98 Å². The molecule has 7 nitrogen and oxygen atoms in total. The number of aromatic nitrogens is 3. The standard InChI is InChI=1S/C26H24N6O/c1-18-15-23(29-30(18)2)26(33)32-13-11-31(12-14-32)24-10-9-20-6-4-8-22(25(20)28-24)21-7-3-5-19(16-21)17-27/h3-10,15-16H,11-14H2,1-2H3. The van der Waals surface area contributed by atoms with Crippen LogP contribution in [0.25, 0.3) is 22.0 Å². The smallest absolute Gasteiger partial charge is 0.274 e. The predicted molar refractivity (Wildman–Crippen MR) is 128 cm³/mol. The fourth-order valence-corrected chi connectivity index (χ4v) is 4.27. The van der Waals surface area contributed by atoms with E-state index in [0.717, 1.165) is 33.5 Å². The summed E-state index contributed by atoms with van der Waals surface area (Å²) in [6.07, 6.45) is 0. The van der Waals surface area contributed by atoms with Crippen molar-refractivity contribution in [3.63, 3.8) is 0 Å². The molecule has 2 aromatic carbocycles. The lowest BCUT2D eigenvalue weighted by Gasteiger charge is -2.35. The van der Waals surface area contributed by atoms with Crippen LogP contribution >= 0.6 is 0 Å². The highest BCUT2D eigenvalue weighted by Gasteiger charge is 2.25. The highest BCUT2D eigenvalue weighted by Crippen LogP contribution is 2.30. The van der Waals surface area contributed by atoms with Crippen molar-refractivity contribution in [3.05, 3.63) is 77.6 Å². The number of hydrogen-bond acceptors (Lipinski definition) is 5. The molecule has 5 rings (SSSR count). The van der Waals surface area contributed by atoms with E-state index in [4.69, 9.17) is 4.98 Å². The molecule has 0 saturated carbocycles. The highest BCUT2D eigenvalue weighted by atomic mass is 16.2. The number of nitrogens with zero attached hydrogens (tertiary/aromatic N) is 6. The summed E-state index contributed by atoms with van der Waals surface area (Å²) >= 11 is 0. The quantitative estimate of drug-likeness (QED) is 0.488. The second-order valence-electron chi connectivity index (χ2n) is 8.31. The zero-order valence-corrected chi connectivity index (χ0v) is 18.7. The van der Waals surface area contributed by atoms with Gasteiger partial charge >= 0.3 is 0 Å². The third-order valence-corrected chi connectivity index (χ3v) is 6.23. The summed E-state index contributed by atoms with van der Waals surface area (Å²) in [6.45, 7) is 4.61. The molecule has 0 radical (unpaired) electrons. The molecule has 1 fully saturated rings. The summed E-state index contributed by atoms with van der Waals surface area (Å²) in [5.41, 5.74) is 4.98. The molecule has 1 amide bonds. The van der Waals surface area contributed by atoms with Crippen LogP contribution in [0.4, 0.5) is 5.82 Å². The zero-order valence-electron chi connectivity index (χ0n) is 18.7. The summed E-state index contributed by atoms with van der Waals surface area (Å²) < 4.78 is 1.73. The molecule has 0 spiro atoms. The van der Waals surface area contributed by atoms with Crippen molar-refractivity contribution >= 4 is 22.6 Å². The van der Waals surface area contributed by atoms with Crippen LogP contribution in [0.3, 0.4) is 0 Å². The maximum Gasteiger partial charge on any atom is 0.274 e. The molecule has 3 heterocycles. The van der Waals surface area contributed by atoms with Gasteiger partial charge in [0.2, 0.25) is 0 Å². The maximum absolute atomic E-state index is 12.8. The highest BCUT2D eigenvalue weighted by molar-refractivity contribution is 5.95. The van der Waals surface area contributed by atoms with Gasteiger partial charge in [-0.1, -0.05) is 30.3 Å². The summed E-state index contributed by atoms with van der Waals surface area (Å²) in [7, 11) is 1.85. The number of fused-ring (bicyclic) bond motifs is 1. The number of pyridine rings is 1. The van der Waals surface area contributed by atoms with E-state index in [0.29, 0.717) is 37.4 Å². The average molecular weight is 437 g/mol. The predicted octanol–water partition coefficient (Wildman–Crippen LogP) is 3.78. The van der Waals surface area contributed by atoms with Gasteiger partial charge < -0.3 is 9.80 Å². The molecule has 1 aliphatic heterocycles. The van der Waals surface area contributed by atoms with Gasteiger partial charge in [0.15, 0.2) is 5.69 Å². The number of para-hydroxylation sites is 1. The summed E-state index contributed by atoms with van der Waals surface area (Å²) in [6, 6.07) is 21.9. The van der Waals surface area contributed by atoms with Crippen molar-refractivity contribution in [3.8, 4) is 17.2 Å². The molecule has 0 unspecified atom stereocenters. The Balaban J connectivity index is 1.39. The second-order valence-corrected chi connectivity index (χ2v) is 8.31. The molecular weight excluding hydrogens is 412 g/mol. The van der Waals surface area contributed by atoms with Crippen molar-refractivity contribution in [2.75, 3.05) is 31.1 Å². The number of carbonyl (C=O) groups is 1. The third-order valence-electron chi connectivity index (χ3n) is 6.23. The van der Waals surface area contributed by atoms with Crippen LogP contribution in [0, 0.1) is 18.3 Å². The number of anilines is 1. The minimum atomic E-state index is -0.0236. The van der Waals surface area contributed by atoms with Gasteiger partial charge in [0.1, 0.15) is 5.82 Å². The van der Waals surface area contributed by atoms with E-state index in [9.17, 15) is 10.1 Å². The van der Waals surface area contributed by atoms with Crippen molar-refractivity contribution in [1.82, 2.24) is 19.7 Å². The SMILES string of the molecule is Cc1cc(C(=O)N2CCN(c3ccc4cccc(-c5cccc(C#N)c5)c4n3)CC2)nn1C. The molecule has 33 heavy (non-hydrogen) atoms. The number of rotatable bonds is 3. The summed E-state index contributed by atoms with van der Waals surface area (Å²) in [4.78, 5) is 21.9. The lowest BCUT2D eigenvalue weighted by Crippen LogP contribution is -2.49. The second kappa shape index (κ2) is 8.40. The monoisotopic (exact) mass is 436 g/mol. The average Bonchev–Trinajstić information content (AvgIpc) is 3.21. The van der Waals surface area contributed by atoms with Gasteiger partial charge in [-0.15, -0.1) is 0 Å². The molecule has 4 aromatic rings. The van der Waals surface area contributed by atoms with Crippen LogP contribution in [0.15, 0.2) is 60.7 Å². The van der Waals surface area contributed by atoms with E-state index in [-0.39, 0.29) is 5.91 Å². The first-order valence-electron chi connectivity index (χ1n) is 11.0. The van der Waals surface area contributed by atoms with Crippen LogP contribution < -0.4 is 4.90 Å². The van der Waals surface area contributed by atoms with Gasteiger partial charge in [-0.3, -0.25) is 9.48 Å². The number of amides is 1. The van der Waals surface area contributed by atoms with E-state index < -0.39 is 0 Å². The Hall–Kier alpha value is -4.18. The van der Waals surface area contributed by atoms with Gasteiger partial charge in [-0.2, -0.15) is 10.4 Å². The van der Waals surface area contributed by atoms with Crippen molar-refractivity contribution in [2.24, 2.45) is 7.05 Å². The first kappa shape index (κ1) is 20.7. The molecular formula is C26H24N6O. The lowest BCUT2D eigenvalue weighted by atomic mass is 10.0. The van der Waals surface area contributed by atoms with E-state index in [1.807, 2.05) is 61.3 Å². The van der Waals surface area contributed by atoms with Crippen molar-refractivity contribution in [1.29, 1.82) is 5.26 Å². The van der Waals surface area contributed by atoms with Crippen LogP contribution in [-0.2, 0) is 7.05 Å². The molecule has 164 valence electrons. The molecule has 0 aliphatic carbocycles.